The Bertz CT molecular complexity index is 1630. The topological polar surface area (TPSA) is 183 Å². The van der Waals surface area contributed by atoms with Crippen molar-refractivity contribution in [2.24, 2.45) is 11.8 Å². The molecule has 2 aromatic carbocycles. The van der Waals surface area contributed by atoms with E-state index in [0.29, 0.717) is 11.4 Å². The normalized spacial score (nSPS) is 14.6. The Labute approximate surface area is 317 Å². The average molecular weight is 737 g/mol. The molecule has 286 valence electrons. The van der Waals surface area contributed by atoms with Gasteiger partial charge in [-0.3, -0.25) is 29.1 Å². The summed E-state index contributed by atoms with van der Waals surface area (Å²) < 4.78 is 0. The van der Waals surface area contributed by atoms with Gasteiger partial charge in [-0.2, -0.15) is 0 Å². The highest BCUT2D eigenvalue weighted by Gasteiger charge is 2.37. The number of pyridine rings is 2. The van der Waals surface area contributed by atoms with Crippen LogP contribution in [0.15, 0.2) is 109 Å². The number of rotatable bonds is 19. The minimum atomic E-state index is -1.57. The summed E-state index contributed by atoms with van der Waals surface area (Å²) in [6, 6.07) is 24.9. The van der Waals surface area contributed by atoms with Gasteiger partial charge in [-0.05, 0) is 60.1 Å². The van der Waals surface area contributed by atoms with Gasteiger partial charge in [0.25, 0.3) is 0 Å². The number of carbonyl (C=O) groups is 4. The maximum atomic E-state index is 13.9. The van der Waals surface area contributed by atoms with Gasteiger partial charge in [0.2, 0.25) is 23.6 Å². The molecule has 4 aromatic rings. The lowest BCUT2D eigenvalue weighted by Crippen LogP contribution is -2.61. The van der Waals surface area contributed by atoms with Crippen molar-refractivity contribution in [3.8, 4) is 0 Å². The summed E-state index contributed by atoms with van der Waals surface area (Å²) in [4.78, 5) is 62.1. The fourth-order valence-electron chi connectivity index (χ4n) is 6.12. The van der Waals surface area contributed by atoms with Crippen LogP contribution in [0.5, 0.6) is 0 Å². The third kappa shape index (κ3) is 12.9. The fraction of sp³-hybridized carbons (Fsp3) is 0.381. The number of aromatic nitrogens is 2. The highest BCUT2D eigenvalue weighted by atomic mass is 16.3. The summed E-state index contributed by atoms with van der Waals surface area (Å²) in [5, 5.41) is 35.3. The molecule has 0 aliphatic rings. The number of hydrogen-bond donors (Lipinski definition) is 6. The number of carbonyl (C=O) groups excluding carboxylic acids is 4. The molecule has 4 rings (SSSR count). The van der Waals surface area contributed by atoms with Gasteiger partial charge in [-0.1, -0.05) is 100 Å². The van der Waals surface area contributed by atoms with E-state index in [1.807, 2.05) is 60.7 Å². The van der Waals surface area contributed by atoms with E-state index >= 15 is 0 Å². The van der Waals surface area contributed by atoms with Crippen LogP contribution in [0.25, 0.3) is 0 Å². The van der Waals surface area contributed by atoms with Gasteiger partial charge in [-0.25, -0.2) is 0 Å². The molecule has 6 N–H and O–H groups in total. The highest BCUT2D eigenvalue weighted by Crippen LogP contribution is 2.17. The number of aliphatic hydroxyl groups excluding tert-OH is 2. The zero-order valence-corrected chi connectivity index (χ0v) is 31.3. The second-order valence-electron chi connectivity index (χ2n) is 14.2. The van der Waals surface area contributed by atoms with E-state index in [-0.39, 0.29) is 49.3 Å². The summed E-state index contributed by atoms with van der Waals surface area (Å²) in [7, 11) is 0. The summed E-state index contributed by atoms with van der Waals surface area (Å²) in [5.41, 5.74) is 2.68. The summed E-state index contributed by atoms with van der Waals surface area (Å²) in [5.74, 6) is -2.48. The molecule has 0 aliphatic heterocycles. The number of amides is 4. The largest absolute Gasteiger partial charge is 0.388 e. The minimum absolute atomic E-state index is 0.0199. The first-order chi connectivity index (χ1) is 25.9. The van der Waals surface area contributed by atoms with Crippen LogP contribution in [0, 0.1) is 11.8 Å². The van der Waals surface area contributed by atoms with Crippen LogP contribution in [-0.4, -0.2) is 80.2 Å². The van der Waals surface area contributed by atoms with Gasteiger partial charge >= 0.3 is 0 Å². The molecule has 4 amide bonds. The number of hydrogen-bond acceptors (Lipinski definition) is 8. The van der Waals surface area contributed by atoms with Gasteiger partial charge in [0.15, 0.2) is 0 Å². The zero-order chi connectivity index (χ0) is 39.0. The Hall–Kier alpha value is -5.46. The van der Waals surface area contributed by atoms with Crippen molar-refractivity contribution in [3.63, 3.8) is 0 Å². The van der Waals surface area contributed by atoms with Crippen LogP contribution in [0.2, 0.25) is 0 Å². The predicted molar refractivity (Wildman–Crippen MR) is 206 cm³/mol. The summed E-state index contributed by atoms with van der Waals surface area (Å²) >= 11 is 0. The first-order valence-corrected chi connectivity index (χ1v) is 18.3. The highest BCUT2D eigenvalue weighted by molar-refractivity contribution is 5.89. The fourth-order valence-corrected chi connectivity index (χ4v) is 6.12. The lowest BCUT2D eigenvalue weighted by atomic mass is 9.90. The predicted octanol–water partition coefficient (Wildman–Crippen LogP) is 2.72. The third-order valence-corrected chi connectivity index (χ3v) is 9.09. The van der Waals surface area contributed by atoms with E-state index < -0.39 is 48.2 Å². The molecule has 0 aliphatic carbocycles. The lowest BCUT2D eigenvalue weighted by molar-refractivity contribution is -0.132. The maximum absolute atomic E-state index is 13.9. The summed E-state index contributed by atoms with van der Waals surface area (Å²) in [6.45, 7) is 7.20. The minimum Gasteiger partial charge on any atom is -0.388 e. The summed E-state index contributed by atoms with van der Waals surface area (Å²) in [6.07, 6.45) is 0.275. The van der Waals surface area contributed by atoms with Crippen molar-refractivity contribution in [1.82, 2.24) is 31.2 Å². The van der Waals surface area contributed by atoms with Crippen LogP contribution < -0.4 is 21.3 Å². The molecule has 0 saturated carbocycles. The lowest BCUT2D eigenvalue weighted by Gasteiger charge is -2.35. The van der Waals surface area contributed by atoms with Crippen LogP contribution >= 0.6 is 0 Å². The van der Waals surface area contributed by atoms with E-state index in [0.717, 1.165) is 11.1 Å². The van der Waals surface area contributed by atoms with Crippen molar-refractivity contribution in [1.29, 1.82) is 0 Å². The average Bonchev–Trinajstić information content (AvgIpc) is 3.16. The molecule has 0 radical (unpaired) electrons. The Balaban J connectivity index is 1.56. The Morgan fingerprint density at radius 2 is 0.870 bits per heavy atom. The van der Waals surface area contributed by atoms with Gasteiger partial charge in [0.1, 0.15) is 24.3 Å². The van der Waals surface area contributed by atoms with E-state index in [1.165, 1.54) is 0 Å². The molecule has 12 heteroatoms. The second kappa shape index (κ2) is 20.7. The quantitative estimate of drug-likeness (QED) is 0.0850. The molecule has 0 saturated heterocycles. The van der Waals surface area contributed by atoms with Crippen molar-refractivity contribution >= 4 is 23.6 Å². The number of aliphatic hydroxyl groups is 2. The van der Waals surface area contributed by atoms with Crippen molar-refractivity contribution in [2.45, 2.75) is 89.8 Å². The van der Waals surface area contributed by atoms with Crippen molar-refractivity contribution in [2.75, 3.05) is 0 Å². The third-order valence-electron chi connectivity index (χ3n) is 9.09. The number of nitrogens with one attached hydrogen (secondary N) is 4. The molecular formula is C42H52N6O6. The van der Waals surface area contributed by atoms with E-state index in [2.05, 4.69) is 31.2 Å². The zero-order valence-electron chi connectivity index (χ0n) is 31.3. The van der Waals surface area contributed by atoms with Gasteiger partial charge in [-0.15, -0.1) is 0 Å². The molecule has 3 unspecified atom stereocenters. The van der Waals surface area contributed by atoms with Gasteiger partial charge < -0.3 is 31.5 Å². The Morgan fingerprint density at radius 3 is 1.19 bits per heavy atom. The van der Waals surface area contributed by atoms with E-state index in [1.54, 1.807) is 76.5 Å². The molecule has 0 fully saturated rings. The molecule has 2 aromatic heterocycles. The molecule has 12 nitrogen and oxygen atoms in total. The first-order valence-electron chi connectivity index (χ1n) is 18.3. The van der Waals surface area contributed by atoms with Crippen LogP contribution in [0.4, 0.5) is 0 Å². The Kier molecular flexibility index (Phi) is 15.8. The van der Waals surface area contributed by atoms with E-state index in [9.17, 15) is 29.4 Å². The van der Waals surface area contributed by atoms with Gasteiger partial charge in [0, 0.05) is 23.8 Å². The van der Waals surface area contributed by atoms with Crippen LogP contribution in [0.1, 0.15) is 50.2 Å². The standard InChI is InChI=1S/C42H52N6O6/c1-27(2)37(47-35(49)25-31-19-11-13-21-43-31)41(53)45-33(23-29-15-7-5-8-16-29)39(51)40(52)34(24-30-17-9-6-10-18-30)46-42(54)38(28(3)4)48-36(50)26-32-20-12-14-22-44-32/h5-22,27-28,33-34,37-40,51-52H,23-26H2,1-4H3,(H,45,53)(H,46,54)(H,47,49)(H,48,50)/t33-,34?,37-,38-,39?,40?/m0/s1. The smallest absolute Gasteiger partial charge is 0.243 e. The molecule has 54 heavy (non-hydrogen) atoms. The molecule has 2 heterocycles. The van der Waals surface area contributed by atoms with Gasteiger partial charge in [0.05, 0.1) is 24.9 Å². The van der Waals surface area contributed by atoms with E-state index in [4.69, 9.17) is 0 Å². The number of nitrogens with zero attached hydrogens (tertiary/aromatic N) is 2. The second-order valence-corrected chi connectivity index (χ2v) is 14.2. The molecule has 0 bridgehead atoms. The SMILES string of the molecule is CC(C)[C@H](NC(=O)Cc1ccccn1)C(=O)NC(Cc1ccccc1)C(O)C(O)[C@H](Cc1ccccc1)NC(=O)[C@@H](NC(=O)Cc1ccccn1)C(C)C. The van der Waals surface area contributed by atoms with Crippen molar-refractivity contribution in [3.05, 3.63) is 132 Å². The van der Waals surface area contributed by atoms with Crippen LogP contribution in [-0.2, 0) is 44.9 Å². The Morgan fingerprint density at radius 1 is 0.519 bits per heavy atom. The monoisotopic (exact) mass is 736 g/mol. The van der Waals surface area contributed by atoms with Crippen molar-refractivity contribution < 1.29 is 29.4 Å². The number of benzene rings is 2. The molecule has 0 spiro atoms. The molecular weight excluding hydrogens is 684 g/mol. The van der Waals surface area contributed by atoms with Crippen LogP contribution in [0.3, 0.4) is 0 Å². The maximum Gasteiger partial charge on any atom is 0.243 e. The molecule has 6 atom stereocenters. The first kappa shape index (κ1) is 41.3.